The Morgan fingerprint density at radius 2 is 1.67 bits per heavy atom. The lowest BCUT2D eigenvalue weighted by Gasteiger charge is -2.21. The number of pyridine rings is 1. The van der Waals surface area contributed by atoms with Gasteiger partial charge in [-0.1, -0.05) is 32.3 Å². The number of aryl methyl sites for hydroxylation is 1. The zero-order chi connectivity index (χ0) is 37.7. The van der Waals surface area contributed by atoms with Crippen molar-refractivity contribution in [3.05, 3.63) is 83.8 Å². The molecule has 0 fully saturated rings. The van der Waals surface area contributed by atoms with Crippen LogP contribution in [0.3, 0.4) is 0 Å². The molecule has 0 aliphatic rings. The van der Waals surface area contributed by atoms with E-state index in [0.717, 1.165) is 42.7 Å². The number of imidazole rings is 1. The number of aromatic nitrogens is 3. The Morgan fingerprint density at radius 1 is 0.923 bits per heavy atom. The summed E-state index contributed by atoms with van der Waals surface area (Å²) in [6, 6.07) is 17.4. The number of fused-ring (bicyclic) bond motifs is 1. The molecule has 14 heteroatoms. The zero-order valence-electron chi connectivity index (χ0n) is 30.4. The fourth-order valence-corrected chi connectivity index (χ4v) is 5.01. The van der Waals surface area contributed by atoms with E-state index in [0.29, 0.717) is 35.6 Å². The minimum absolute atomic E-state index is 0.0190. The molecule has 2 aromatic carbocycles. The topological polar surface area (TPSA) is 178 Å². The Balaban J connectivity index is 1.36. The highest BCUT2D eigenvalue weighted by atomic mass is 16.7. The summed E-state index contributed by atoms with van der Waals surface area (Å²) in [6.07, 6.45) is 4.75. The number of nitrogens with one attached hydrogen (secondary N) is 3. The molecule has 0 atom stereocenters. The van der Waals surface area contributed by atoms with Gasteiger partial charge in [0.25, 0.3) is 5.91 Å². The summed E-state index contributed by atoms with van der Waals surface area (Å²) in [6.45, 7) is 7.37. The third-order valence-corrected chi connectivity index (χ3v) is 8.04. The van der Waals surface area contributed by atoms with Crippen LogP contribution < -0.4 is 15.5 Å². The first kappa shape index (κ1) is 39.0. The van der Waals surface area contributed by atoms with Gasteiger partial charge in [-0.05, 0) is 81.8 Å². The third kappa shape index (κ3) is 11.1. The van der Waals surface area contributed by atoms with E-state index in [1.54, 1.807) is 69.4 Å². The minimum Gasteiger partial charge on any atom is -0.449 e. The summed E-state index contributed by atoms with van der Waals surface area (Å²) in [5.41, 5.74) is 2.37. The summed E-state index contributed by atoms with van der Waals surface area (Å²) >= 11 is 0. The smallest absolute Gasteiger partial charge is 0.412 e. The Hall–Kier alpha value is -5.79. The monoisotopic (exact) mass is 713 g/mol. The van der Waals surface area contributed by atoms with Gasteiger partial charge in [-0.2, -0.15) is 0 Å². The summed E-state index contributed by atoms with van der Waals surface area (Å²) in [4.78, 5) is 60.7. The van der Waals surface area contributed by atoms with Crippen molar-refractivity contribution in [3.63, 3.8) is 0 Å². The van der Waals surface area contributed by atoms with E-state index in [4.69, 9.17) is 24.6 Å². The number of esters is 2. The summed E-state index contributed by atoms with van der Waals surface area (Å²) in [7, 11) is 1.89. The van der Waals surface area contributed by atoms with Crippen LogP contribution in [0.5, 0.6) is 0 Å². The van der Waals surface area contributed by atoms with Crippen molar-refractivity contribution in [3.8, 4) is 0 Å². The predicted molar refractivity (Wildman–Crippen MR) is 197 cm³/mol. The molecule has 2 aromatic heterocycles. The van der Waals surface area contributed by atoms with Crippen molar-refractivity contribution in [2.75, 3.05) is 30.2 Å². The van der Waals surface area contributed by atoms with Crippen molar-refractivity contribution in [2.24, 2.45) is 12.5 Å². The first-order valence-electron chi connectivity index (χ1n) is 17.2. The van der Waals surface area contributed by atoms with Crippen LogP contribution in [0.1, 0.15) is 81.5 Å². The predicted octanol–water partition coefficient (Wildman–Crippen LogP) is 6.34. The van der Waals surface area contributed by atoms with Gasteiger partial charge in [-0.25, -0.2) is 14.8 Å². The number of hydrogen-bond acceptors (Lipinski definition) is 11. The Labute approximate surface area is 303 Å². The largest absolute Gasteiger partial charge is 0.449 e. The van der Waals surface area contributed by atoms with E-state index in [2.05, 4.69) is 22.5 Å². The second kappa shape index (κ2) is 18.4. The van der Waals surface area contributed by atoms with Gasteiger partial charge in [-0.15, -0.1) is 0 Å². The molecular formula is C38H47N7O7. The van der Waals surface area contributed by atoms with Gasteiger partial charge >= 0.3 is 18.0 Å². The Morgan fingerprint density at radius 3 is 2.37 bits per heavy atom. The summed E-state index contributed by atoms with van der Waals surface area (Å²) in [5, 5.41) is 14.0. The van der Waals surface area contributed by atoms with Gasteiger partial charge < -0.3 is 24.1 Å². The van der Waals surface area contributed by atoms with Gasteiger partial charge in [0.2, 0.25) is 6.79 Å². The van der Waals surface area contributed by atoms with Gasteiger partial charge in [-0.3, -0.25) is 30.0 Å². The molecule has 2 heterocycles. The number of nitrogens with zero attached hydrogens (tertiary/aromatic N) is 4. The van der Waals surface area contributed by atoms with Crippen LogP contribution >= 0.6 is 0 Å². The number of alkyl carbamates (subject to hydrolysis) is 1. The average Bonchev–Trinajstić information content (AvgIpc) is 3.44. The molecule has 4 aromatic rings. The standard InChI is InChI=1S/C38H47N7O7/c1-6-7-8-11-22-50-37(49)43-34(39)26-13-16-28(17-14-26)41-24-32-42-29-23-27(15-18-30(29)44(32)5)35(47)45(31-12-9-10-20-40-31)21-19-33(46)51-25-52-36(48)38(2,3)4/h9-10,12-18,20,23,41H,6-8,11,19,21-22,24-25H2,1-5H3,(H2,39,43,49). The van der Waals surface area contributed by atoms with E-state index >= 15 is 0 Å². The van der Waals surface area contributed by atoms with E-state index in [1.807, 2.05) is 29.8 Å². The number of unbranched alkanes of at least 4 members (excludes halogenated alkanes) is 3. The number of hydrogen-bond donors (Lipinski definition) is 3. The quantitative estimate of drug-likeness (QED) is 0.0390. The van der Waals surface area contributed by atoms with Crippen LogP contribution in [-0.4, -0.2) is 64.3 Å². The summed E-state index contributed by atoms with van der Waals surface area (Å²) in [5.74, 6) is -0.477. The molecule has 3 N–H and O–H groups in total. The Kier molecular flexibility index (Phi) is 13.8. The van der Waals surface area contributed by atoms with Crippen LogP contribution in [0.25, 0.3) is 11.0 Å². The minimum atomic E-state index is -0.731. The Bertz CT molecular complexity index is 1850. The molecule has 0 bridgehead atoms. The molecule has 0 aliphatic carbocycles. The molecule has 0 unspecified atom stereocenters. The second-order valence-corrected chi connectivity index (χ2v) is 13.1. The van der Waals surface area contributed by atoms with E-state index < -0.39 is 30.2 Å². The lowest BCUT2D eigenvalue weighted by Crippen LogP contribution is -2.34. The SMILES string of the molecule is CCCCCCOC(=O)NC(=N)c1ccc(NCc2nc3cc(C(=O)N(CCC(=O)OCOC(=O)C(C)(C)C)c4ccccn4)ccc3n2C)cc1. The lowest BCUT2D eigenvalue weighted by atomic mass is 9.98. The molecule has 2 amide bonds. The molecule has 0 saturated carbocycles. The van der Waals surface area contributed by atoms with Crippen LogP contribution in [0, 0.1) is 10.8 Å². The highest BCUT2D eigenvalue weighted by Crippen LogP contribution is 2.22. The second-order valence-electron chi connectivity index (χ2n) is 13.1. The maximum atomic E-state index is 13.8. The number of ether oxygens (including phenoxy) is 3. The van der Waals surface area contributed by atoms with Crippen molar-refractivity contribution in [1.29, 1.82) is 5.41 Å². The fraction of sp³-hybridized carbons (Fsp3) is 0.395. The highest BCUT2D eigenvalue weighted by molar-refractivity contribution is 6.07. The molecule has 0 saturated heterocycles. The lowest BCUT2D eigenvalue weighted by molar-refractivity contribution is -0.173. The van der Waals surface area contributed by atoms with Crippen molar-refractivity contribution in [1.82, 2.24) is 19.9 Å². The molecule has 14 nitrogen and oxygen atoms in total. The number of anilines is 2. The molecule has 0 radical (unpaired) electrons. The number of amides is 2. The molecule has 0 spiro atoms. The number of carbonyl (C=O) groups excluding carboxylic acids is 4. The molecule has 52 heavy (non-hydrogen) atoms. The maximum absolute atomic E-state index is 13.8. The zero-order valence-corrected chi connectivity index (χ0v) is 30.4. The number of rotatable bonds is 16. The fourth-order valence-electron chi connectivity index (χ4n) is 5.01. The number of carbonyl (C=O) groups is 4. The van der Waals surface area contributed by atoms with Gasteiger partial charge in [0.05, 0.1) is 36.0 Å². The van der Waals surface area contributed by atoms with Crippen molar-refractivity contribution in [2.45, 2.75) is 66.3 Å². The van der Waals surface area contributed by atoms with Gasteiger partial charge in [0.1, 0.15) is 17.5 Å². The molecular weight excluding hydrogens is 666 g/mol. The van der Waals surface area contributed by atoms with Crippen molar-refractivity contribution < 1.29 is 33.4 Å². The van der Waals surface area contributed by atoms with Crippen LogP contribution in [0.4, 0.5) is 16.3 Å². The highest BCUT2D eigenvalue weighted by Gasteiger charge is 2.24. The molecule has 276 valence electrons. The molecule has 0 aliphatic heterocycles. The first-order valence-corrected chi connectivity index (χ1v) is 17.2. The van der Waals surface area contributed by atoms with E-state index in [9.17, 15) is 19.2 Å². The number of amidine groups is 1. The van der Waals surface area contributed by atoms with Crippen LogP contribution in [0.2, 0.25) is 0 Å². The molecule has 4 rings (SSSR count). The number of benzene rings is 2. The average molecular weight is 714 g/mol. The first-order chi connectivity index (χ1) is 24.9. The summed E-state index contributed by atoms with van der Waals surface area (Å²) < 4.78 is 17.2. The van der Waals surface area contributed by atoms with E-state index in [-0.39, 0.29) is 24.7 Å². The third-order valence-electron chi connectivity index (χ3n) is 8.04. The van der Waals surface area contributed by atoms with Crippen molar-refractivity contribution >= 4 is 52.3 Å². The van der Waals surface area contributed by atoms with Gasteiger partial charge in [0, 0.05) is 36.6 Å². The normalized spacial score (nSPS) is 11.1. The maximum Gasteiger partial charge on any atom is 0.412 e. The van der Waals surface area contributed by atoms with Gasteiger partial charge in [0.15, 0.2) is 0 Å². The van der Waals surface area contributed by atoms with Crippen LogP contribution in [-0.2, 0) is 37.4 Å². The van der Waals surface area contributed by atoms with E-state index in [1.165, 1.54) is 4.90 Å². The van der Waals surface area contributed by atoms with Crippen LogP contribution in [0.15, 0.2) is 66.9 Å².